The minimum Gasteiger partial charge on any atom is -0.426 e. The summed E-state index contributed by atoms with van der Waals surface area (Å²) in [6.45, 7) is 31.0. The summed E-state index contributed by atoms with van der Waals surface area (Å²) >= 11 is 0. The van der Waals surface area contributed by atoms with Crippen molar-refractivity contribution in [1.29, 1.82) is 0 Å². The maximum absolute atomic E-state index is 6.68. The molecule has 46 heavy (non-hydrogen) atoms. The third-order valence-electron chi connectivity index (χ3n) is 8.29. The van der Waals surface area contributed by atoms with E-state index in [0.717, 1.165) is 30.8 Å². The summed E-state index contributed by atoms with van der Waals surface area (Å²) in [6, 6.07) is 9.14. The van der Waals surface area contributed by atoms with Gasteiger partial charge in [0.05, 0.1) is 31.8 Å². The van der Waals surface area contributed by atoms with Crippen LogP contribution in [0.3, 0.4) is 0 Å². The van der Waals surface area contributed by atoms with E-state index in [2.05, 4.69) is 114 Å². The van der Waals surface area contributed by atoms with Crippen LogP contribution in [0.5, 0.6) is 11.5 Å². The third-order valence-corrected chi connectivity index (χ3v) is 10.3. The number of hydrogen-bond acceptors (Lipinski definition) is 6. The maximum atomic E-state index is 6.68. The Labute approximate surface area is 282 Å². The highest BCUT2D eigenvalue weighted by Gasteiger charge is 2.45. The molecule has 0 aliphatic carbocycles. The van der Waals surface area contributed by atoms with Crippen molar-refractivity contribution < 1.29 is 27.1 Å². The summed E-state index contributed by atoms with van der Waals surface area (Å²) in [5.41, 5.74) is 6.88. The van der Waals surface area contributed by atoms with Crippen LogP contribution in [0.4, 0.5) is 0 Å². The fourth-order valence-electron chi connectivity index (χ4n) is 6.06. The van der Waals surface area contributed by atoms with Crippen LogP contribution >= 0.6 is 17.2 Å². The third kappa shape index (κ3) is 9.90. The molecule has 0 amide bonds. The summed E-state index contributed by atoms with van der Waals surface area (Å²) in [7, 11) is -3.09. The Morgan fingerprint density at radius 3 is 1.33 bits per heavy atom. The lowest BCUT2D eigenvalue weighted by atomic mass is 9.77. The van der Waals surface area contributed by atoms with Crippen molar-refractivity contribution in [1.82, 2.24) is 0 Å². The fraction of sp³-hybridized carbons (Fsp3) is 0.684. The molecule has 0 aromatic heterocycles. The van der Waals surface area contributed by atoms with Gasteiger partial charge in [-0.3, -0.25) is 0 Å². The second kappa shape index (κ2) is 15.1. The van der Waals surface area contributed by atoms with Crippen molar-refractivity contribution in [2.24, 2.45) is 23.2 Å². The van der Waals surface area contributed by atoms with Gasteiger partial charge >= 0.3 is 17.2 Å². The lowest BCUT2D eigenvalue weighted by molar-refractivity contribution is -0.0674. The van der Waals surface area contributed by atoms with Gasteiger partial charge < -0.3 is 27.1 Å². The Kier molecular flexibility index (Phi) is 12.3. The van der Waals surface area contributed by atoms with Crippen LogP contribution in [-0.2, 0) is 48.2 Å². The summed E-state index contributed by atoms with van der Waals surface area (Å²) in [5, 5.41) is 0. The standard InChI is InChI=1S/C38H60O6P2/c1-25(2)14-29-19-32(36(8,9)10)35(33(20-29)37(11,12)13)44-46-41-23-38(24-42-46)21-39-45(40-22-38)43-34-30(15-26(3)4)17-28(7)18-31(34)16-27(5)6/h17-20,25-27H,14-16,21-24H2,1-13H3. The first kappa shape index (κ1) is 37.6. The molecular weight excluding hydrogens is 614 g/mol. The molecule has 258 valence electrons. The van der Waals surface area contributed by atoms with Crippen molar-refractivity contribution in [3.63, 3.8) is 0 Å². The first-order valence-electron chi connectivity index (χ1n) is 17.1. The number of rotatable bonds is 10. The first-order valence-corrected chi connectivity index (χ1v) is 19.3. The van der Waals surface area contributed by atoms with Gasteiger partial charge in [0.15, 0.2) is 0 Å². The smallest absolute Gasteiger partial charge is 0.397 e. The van der Waals surface area contributed by atoms with Crippen LogP contribution in [-0.4, -0.2) is 26.4 Å². The molecule has 4 rings (SSSR count). The van der Waals surface area contributed by atoms with Crippen LogP contribution in [0.2, 0.25) is 0 Å². The zero-order valence-electron chi connectivity index (χ0n) is 30.8. The van der Waals surface area contributed by atoms with Crippen molar-refractivity contribution in [3.05, 3.63) is 57.6 Å². The Bertz CT molecular complexity index is 1240. The van der Waals surface area contributed by atoms with E-state index in [0.29, 0.717) is 44.2 Å². The van der Waals surface area contributed by atoms with Gasteiger partial charge in [0.1, 0.15) is 11.5 Å². The van der Waals surface area contributed by atoms with E-state index < -0.39 is 17.2 Å². The Hall–Kier alpha value is -1.26. The van der Waals surface area contributed by atoms with Crippen LogP contribution in [0, 0.1) is 30.1 Å². The molecule has 2 aliphatic heterocycles. The van der Waals surface area contributed by atoms with Crippen LogP contribution in [0.1, 0.15) is 116 Å². The van der Waals surface area contributed by atoms with Gasteiger partial charge in [-0.15, -0.1) is 0 Å². The second-order valence-corrected chi connectivity index (χ2v) is 19.2. The van der Waals surface area contributed by atoms with Crippen molar-refractivity contribution >= 4 is 17.2 Å². The summed E-state index contributed by atoms with van der Waals surface area (Å²) in [5.74, 6) is 3.45. The molecule has 0 saturated carbocycles. The quantitative estimate of drug-likeness (QED) is 0.234. The Morgan fingerprint density at radius 2 is 0.978 bits per heavy atom. The predicted octanol–water partition coefficient (Wildman–Crippen LogP) is 11.2. The zero-order valence-corrected chi connectivity index (χ0v) is 32.6. The summed E-state index contributed by atoms with van der Waals surface area (Å²) < 4.78 is 38.4. The first-order chi connectivity index (χ1) is 21.3. The van der Waals surface area contributed by atoms with Gasteiger partial charge in [0.2, 0.25) is 0 Å². The predicted molar refractivity (Wildman–Crippen MR) is 192 cm³/mol. The summed E-state index contributed by atoms with van der Waals surface area (Å²) in [4.78, 5) is 0. The minimum atomic E-state index is -1.57. The van der Waals surface area contributed by atoms with E-state index in [1.165, 1.54) is 33.4 Å². The van der Waals surface area contributed by atoms with Gasteiger partial charge in [0, 0.05) is 11.1 Å². The lowest BCUT2D eigenvalue weighted by Gasteiger charge is -2.42. The zero-order chi connectivity index (χ0) is 34.0. The van der Waals surface area contributed by atoms with E-state index in [9.17, 15) is 0 Å². The highest BCUT2D eigenvalue weighted by atomic mass is 31.2. The van der Waals surface area contributed by atoms with E-state index in [1.807, 2.05) is 0 Å². The number of benzene rings is 2. The fourth-order valence-corrected chi connectivity index (χ4v) is 8.66. The highest BCUT2D eigenvalue weighted by molar-refractivity contribution is 7.42. The molecule has 2 fully saturated rings. The molecule has 8 heteroatoms. The van der Waals surface area contributed by atoms with Crippen LogP contribution < -0.4 is 9.05 Å². The molecule has 1 spiro atoms. The van der Waals surface area contributed by atoms with Gasteiger partial charge in [-0.25, -0.2) is 0 Å². The molecule has 2 saturated heterocycles. The molecule has 0 radical (unpaired) electrons. The molecule has 2 heterocycles. The monoisotopic (exact) mass is 674 g/mol. The minimum absolute atomic E-state index is 0.0988. The van der Waals surface area contributed by atoms with Crippen LogP contribution in [0.25, 0.3) is 0 Å². The topological polar surface area (TPSA) is 55.4 Å². The maximum Gasteiger partial charge on any atom is 0.397 e. The molecule has 2 aromatic rings. The molecule has 2 aliphatic rings. The van der Waals surface area contributed by atoms with Gasteiger partial charge in [-0.05, 0) is 71.5 Å². The van der Waals surface area contributed by atoms with Crippen molar-refractivity contribution in [2.45, 2.75) is 120 Å². The SMILES string of the molecule is Cc1cc(CC(C)C)c(OP2OCC3(CO2)COP(Oc2c(C(C)(C)C)cc(CC(C)C)cc2C(C)(C)C)OC3)c(CC(C)C)c1. The number of hydrogen-bond donors (Lipinski definition) is 0. The second-order valence-electron chi connectivity index (χ2n) is 16.9. The molecule has 0 bridgehead atoms. The van der Waals surface area contributed by atoms with E-state index in [1.54, 1.807) is 0 Å². The van der Waals surface area contributed by atoms with Gasteiger partial charge in [-0.2, -0.15) is 0 Å². The average Bonchev–Trinajstić information content (AvgIpc) is 2.91. The Balaban J connectivity index is 1.45. The van der Waals surface area contributed by atoms with Crippen LogP contribution in [0.15, 0.2) is 24.3 Å². The number of aryl methyl sites for hydroxylation is 1. The molecule has 0 atom stereocenters. The van der Waals surface area contributed by atoms with Crippen molar-refractivity contribution in [3.8, 4) is 11.5 Å². The lowest BCUT2D eigenvalue weighted by Crippen LogP contribution is -2.45. The van der Waals surface area contributed by atoms with Gasteiger partial charge in [0.25, 0.3) is 0 Å². The largest absolute Gasteiger partial charge is 0.426 e. The van der Waals surface area contributed by atoms with Crippen molar-refractivity contribution in [2.75, 3.05) is 26.4 Å². The molecular formula is C38H60O6P2. The van der Waals surface area contributed by atoms with E-state index in [4.69, 9.17) is 27.1 Å². The average molecular weight is 675 g/mol. The normalized spacial score (nSPS) is 22.7. The molecule has 0 unspecified atom stereocenters. The molecule has 6 nitrogen and oxygen atoms in total. The Morgan fingerprint density at radius 1 is 0.609 bits per heavy atom. The molecule has 0 N–H and O–H groups in total. The summed E-state index contributed by atoms with van der Waals surface area (Å²) in [6.07, 6.45) is 2.94. The molecule has 2 aromatic carbocycles. The highest BCUT2D eigenvalue weighted by Crippen LogP contribution is 2.55. The van der Waals surface area contributed by atoms with E-state index >= 15 is 0 Å². The van der Waals surface area contributed by atoms with Gasteiger partial charge in [-0.1, -0.05) is 113 Å². The van der Waals surface area contributed by atoms with E-state index in [-0.39, 0.29) is 16.2 Å².